The lowest BCUT2D eigenvalue weighted by Gasteiger charge is -2.15. The minimum atomic E-state index is 0.493. The van der Waals surface area contributed by atoms with E-state index in [0.29, 0.717) is 19.8 Å². The van der Waals surface area contributed by atoms with Crippen molar-refractivity contribution in [2.45, 2.75) is 27.0 Å². The van der Waals surface area contributed by atoms with Gasteiger partial charge >= 0.3 is 0 Å². The van der Waals surface area contributed by atoms with Gasteiger partial charge in [0.1, 0.15) is 6.61 Å². The summed E-state index contributed by atoms with van der Waals surface area (Å²) in [5, 5.41) is 4.20. The van der Waals surface area contributed by atoms with Crippen LogP contribution >= 0.6 is 27.5 Å². The SMILES string of the molecule is CCOc1cc(CNc2cccc(Cl)c2C)ccc1OCc1ccc(Br)cc1. The minimum absolute atomic E-state index is 0.493. The standard InChI is InChI=1S/C23H23BrClNO2/c1-3-27-23-13-18(14-26-21-6-4-5-20(25)16(21)2)9-12-22(23)28-15-17-7-10-19(24)11-8-17/h4-13,26H,3,14-15H2,1-2H3. The number of benzene rings is 3. The average Bonchev–Trinajstić information content (AvgIpc) is 2.70. The molecule has 0 saturated carbocycles. The molecule has 0 radical (unpaired) electrons. The molecule has 146 valence electrons. The highest BCUT2D eigenvalue weighted by Gasteiger charge is 2.08. The molecule has 5 heteroatoms. The van der Waals surface area contributed by atoms with Gasteiger partial charge in [-0.15, -0.1) is 0 Å². The van der Waals surface area contributed by atoms with E-state index in [0.717, 1.165) is 43.4 Å². The third-order valence-electron chi connectivity index (χ3n) is 4.37. The topological polar surface area (TPSA) is 30.5 Å². The first kappa shape index (κ1) is 20.6. The summed E-state index contributed by atoms with van der Waals surface area (Å²) in [4.78, 5) is 0. The molecule has 0 spiro atoms. The molecular weight excluding hydrogens is 438 g/mol. The molecule has 0 bridgehead atoms. The maximum absolute atomic E-state index is 6.20. The predicted octanol–water partition coefficient (Wildman–Crippen LogP) is 7.00. The number of hydrogen-bond donors (Lipinski definition) is 1. The number of nitrogens with one attached hydrogen (secondary N) is 1. The van der Waals surface area contributed by atoms with Crippen LogP contribution in [0.3, 0.4) is 0 Å². The molecule has 3 aromatic rings. The Labute approximate surface area is 179 Å². The Hall–Kier alpha value is -2.17. The van der Waals surface area contributed by atoms with Gasteiger partial charge in [0.15, 0.2) is 11.5 Å². The highest BCUT2D eigenvalue weighted by atomic mass is 79.9. The molecule has 0 atom stereocenters. The Balaban J connectivity index is 1.69. The number of rotatable bonds is 8. The number of halogens is 2. The van der Waals surface area contributed by atoms with Crippen LogP contribution < -0.4 is 14.8 Å². The van der Waals surface area contributed by atoms with Crippen molar-refractivity contribution in [2.75, 3.05) is 11.9 Å². The van der Waals surface area contributed by atoms with Gasteiger partial charge in [0.25, 0.3) is 0 Å². The monoisotopic (exact) mass is 459 g/mol. The average molecular weight is 461 g/mol. The Morgan fingerprint density at radius 2 is 1.68 bits per heavy atom. The zero-order valence-corrected chi connectivity index (χ0v) is 18.3. The van der Waals surface area contributed by atoms with E-state index in [2.05, 4.69) is 21.2 Å². The Bertz CT molecular complexity index is 928. The second kappa shape index (κ2) is 9.85. The molecule has 0 fully saturated rings. The predicted molar refractivity (Wildman–Crippen MR) is 120 cm³/mol. The van der Waals surface area contributed by atoms with Crippen molar-refractivity contribution in [3.05, 3.63) is 86.8 Å². The summed E-state index contributed by atoms with van der Waals surface area (Å²) in [6, 6.07) is 20.0. The van der Waals surface area contributed by atoms with Gasteiger partial charge in [-0.1, -0.05) is 51.8 Å². The third kappa shape index (κ3) is 5.43. The van der Waals surface area contributed by atoms with Crippen molar-refractivity contribution in [2.24, 2.45) is 0 Å². The second-order valence-corrected chi connectivity index (χ2v) is 7.72. The van der Waals surface area contributed by atoms with Crippen molar-refractivity contribution in [3.8, 4) is 11.5 Å². The maximum atomic E-state index is 6.20. The van der Waals surface area contributed by atoms with Crippen molar-refractivity contribution >= 4 is 33.2 Å². The first-order valence-corrected chi connectivity index (χ1v) is 10.4. The lowest BCUT2D eigenvalue weighted by molar-refractivity contribution is 0.269. The van der Waals surface area contributed by atoms with Crippen LogP contribution in [0.4, 0.5) is 5.69 Å². The van der Waals surface area contributed by atoms with Crippen molar-refractivity contribution in [1.29, 1.82) is 0 Å². The molecule has 0 aliphatic carbocycles. The van der Waals surface area contributed by atoms with E-state index >= 15 is 0 Å². The Morgan fingerprint density at radius 3 is 2.43 bits per heavy atom. The van der Waals surface area contributed by atoms with Crippen molar-refractivity contribution in [3.63, 3.8) is 0 Å². The number of anilines is 1. The molecule has 0 heterocycles. The highest BCUT2D eigenvalue weighted by Crippen LogP contribution is 2.30. The quantitative estimate of drug-likeness (QED) is 0.392. The van der Waals surface area contributed by atoms with Gasteiger partial charge < -0.3 is 14.8 Å². The molecule has 0 amide bonds. The van der Waals surface area contributed by atoms with Crippen LogP contribution in [0.25, 0.3) is 0 Å². The van der Waals surface area contributed by atoms with Gasteiger partial charge in [-0.05, 0) is 66.9 Å². The van der Waals surface area contributed by atoms with E-state index in [1.54, 1.807) is 0 Å². The third-order valence-corrected chi connectivity index (χ3v) is 5.30. The normalized spacial score (nSPS) is 10.6. The van der Waals surface area contributed by atoms with Crippen LogP contribution in [0.5, 0.6) is 11.5 Å². The molecule has 0 unspecified atom stereocenters. The zero-order chi connectivity index (χ0) is 19.9. The highest BCUT2D eigenvalue weighted by molar-refractivity contribution is 9.10. The van der Waals surface area contributed by atoms with Gasteiger partial charge in [-0.25, -0.2) is 0 Å². The summed E-state index contributed by atoms with van der Waals surface area (Å²) in [5.74, 6) is 1.49. The van der Waals surface area contributed by atoms with E-state index in [4.69, 9.17) is 21.1 Å². The fraction of sp³-hybridized carbons (Fsp3) is 0.217. The summed E-state index contributed by atoms with van der Waals surface area (Å²) in [6.45, 7) is 5.73. The molecule has 3 rings (SSSR count). The summed E-state index contributed by atoms with van der Waals surface area (Å²) in [7, 11) is 0. The van der Waals surface area contributed by atoms with Crippen molar-refractivity contribution in [1.82, 2.24) is 0 Å². The fourth-order valence-corrected chi connectivity index (χ4v) is 3.23. The van der Waals surface area contributed by atoms with Crippen LogP contribution in [-0.2, 0) is 13.2 Å². The summed E-state index contributed by atoms with van der Waals surface area (Å²) >= 11 is 9.64. The zero-order valence-electron chi connectivity index (χ0n) is 16.0. The molecule has 28 heavy (non-hydrogen) atoms. The largest absolute Gasteiger partial charge is 0.490 e. The fourth-order valence-electron chi connectivity index (χ4n) is 2.79. The molecule has 0 aliphatic heterocycles. The minimum Gasteiger partial charge on any atom is -0.490 e. The van der Waals surface area contributed by atoms with E-state index < -0.39 is 0 Å². The van der Waals surface area contributed by atoms with Gasteiger partial charge in [-0.3, -0.25) is 0 Å². The maximum Gasteiger partial charge on any atom is 0.161 e. The first-order chi connectivity index (χ1) is 13.6. The van der Waals surface area contributed by atoms with E-state index in [1.807, 2.05) is 74.5 Å². The van der Waals surface area contributed by atoms with Crippen LogP contribution in [0.1, 0.15) is 23.6 Å². The van der Waals surface area contributed by atoms with Crippen LogP contribution in [0, 0.1) is 6.92 Å². The van der Waals surface area contributed by atoms with Gasteiger partial charge in [0.2, 0.25) is 0 Å². The van der Waals surface area contributed by atoms with E-state index in [1.165, 1.54) is 0 Å². The Kier molecular flexibility index (Phi) is 7.24. The number of hydrogen-bond acceptors (Lipinski definition) is 3. The number of ether oxygens (including phenoxy) is 2. The van der Waals surface area contributed by atoms with Crippen LogP contribution in [0.2, 0.25) is 5.02 Å². The molecule has 0 aliphatic rings. The molecule has 0 aromatic heterocycles. The van der Waals surface area contributed by atoms with Gasteiger partial charge in [0, 0.05) is 21.7 Å². The lowest BCUT2D eigenvalue weighted by atomic mass is 10.1. The van der Waals surface area contributed by atoms with Crippen LogP contribution in [0.15, 0.2) is 65.1 Å². The Morgan fingerprint density at radius 1 is 0.929 bits per heavy atom. The van der Waals surface area contributed by atoms with Gasteiger partial charge in [0.05, 0.1) is 6.61 Å². The smallest absolute Gasteiger partial charge is 0.161 e. The van der Waals surface area contributed by atoms with Crippen molar-refractivity contribution < 1.29 is 9.47 Å². The van der Waals surface area contributed by atoms with Crippen LogP contribution in [-0.4, -0.2) is 6.61 Å². The van der Waals surface area contributed by atoms with E-state index in [-0.39, 0.29) is 0 Å². The molecule has 3 aromatic carbocycles. The molecule has 0 saturated heterocycles. The van der Waals surface area contributed by atoms with E-state index in [9.17, 15) is 0 Å². The molecule has 1 N–H and O–H groups in total. The first-order valence-electron chi connectivity index (χ1n) is 9.18. The second-order valence-electron chi connectivity index (χ2n) is 6.40. The van der Waals surface area contributed by atoms with Gasteiger partial charge in [-0.2, -0.15) is 0 Å². The molecule has 3 nitrogen and oxygen atoms in total. The summed E-state index contributed by atoms with van der Waals surface area (Å²) in [5.41, 5.74) is 4.29. The lowest BCUT2D eigenvalue weighted by Crippen LogP contribution is -2.04. The summed E-state index contributed by atoms with van der Waals surface area (Å²) in [6.07, 6.45) is 0. The molecular formula is C23H23BrClNO2. The summed E-state index contributed by atoms with van der Waals surface area (Å²) < 4.78 is 12.8.